The third kappa shape index (κ3) is 6.25. The molecule has 1 saturated carbocycles. The number of amides is 1. The first-order valence-electron chi connectivity index (χ1n) is 11.9. The first-order valence-corrected chi connectivity index (χ1v) is 12.7. The van der Waals surface area contributed by atoms with E-state index in [2.05, 4.69) is 25.9 Å². The van der Waals surface area contributed by atoms with Crippen LogP contribution in [0, 0.1) is 5.92 Å². The second-order valence-corrected chi connectivity index (χ2v) is 9.81. The van der Waals surface area contributed by atoms with Gasteiger partial charge in [-0.25, -0.2) is 0 Å². The minimum absolute atomic E-state index is 0.106. The number of ether oxygens (including phenoxy) is 1. The molecule has 1 aliphatic heterocycles. The average Bonchev–Trinajstić information content (AvgIpc) is 3.49. The molecule has 2 fully saturated rings. The van der Waals surface area contributed by atoms with Crippen LogP contribution in [0.25, 0.3) is 5.82 Å². The molecule has 8 nitrogen and oxygen atoms in total. The number of rotatable bonds is 9. The van der Waals surface area contributed by atoms with Gasteiger partial charge in [0.05, 0.1) is 0 Å². The standard InChI is InChI=1S/C25H28Cl2N6O2/c26-18-4-3-17(20(27)13-18)15-28-24(34)23(16-7-11-35-12-8-16)30-21-14-22(33-9-1-2-10-33)32-25(31-21)29-19-5-6-19/h1-4,9-10,13-14,16,19,23H,5-8,11-12,15H2,(H,28,34)(H2,29,30,31,32). The van der Waals surface area contributed by atoms with Crippen LogP contribution in [0.15, 0.2) is 48.8 Å². The Morgan fingerprint density at radius 3 is 2.57 bits per heavy atom. The van der Waals surface area contributed by atoms with Crippen LogP contribution in [0.5, 0.6) is 0 Å². The van der Waals surface area contributed by atoms with Crippen LogP contribution in [0.1, 0.15) is 31.2 Å². The highest BCUT2D eigenvalue weighted by atomic mass is 35.5. The van der Waals surface area contributed by atoms with Gasteiger partial charge in [-0.2, -0.15) is 9.97 Å². The number of nitrogens with zero attached hydrogens (tertiary/aromatic N) is 3. The Hall–Kier alpha value is -2.81. The SMILES string of the molecule is O=C(NCc1ccc(Cl)cc1Cl)C(Nc1cc(-n2cccc2)nc(NC2CC2)n1)C1CCOCC1. The molecular formula is C25H28Cl2N6O2. The van der Waals surface area contributed by atoms with Crippen LogP contribution in [0.4, 0.5) is 11.8 Å². The first kappa shape index (κ1) is 23.9. The van der Waals surface area contributed by atoms with Crippen molar-refractivity contribution >= 4 is 40.9 Å². The molecule has 1 saturated heterocycles. The van der Waals surface area contributed by atoms with E-state index in [1.165, 1.54) is 0 Å². The van der Waals surface area contributed by atoms with Crippen LogP contribution in [0.2, 0.25) is 10.0 Å². The van der Waals surface area contributed by atoms with Gasteiger partial charge in [-0.15, -0.1) is 0 Å². The summed E-state index contributed by atoms with van der Waals surface area (Å²) >= 11 is 12.3. The van der Waals surface area contributed by atoms with Crippen molar-refractivity contribution in [3.05, 3.63) is 64.4 Å². The van der Waals surface area contributed by atoms with Gasteiger partial charge in [-0.05, 0) is 61.4 Å². The van der Waals surface area contributed by atoms with Crippen molar-refractivity contribution in [2.75, 3.05) is 23.8 Å². The van der Waals surface area contributed by atoms with Crippen molar-refractivity contribution < 1.29 is 9.53 Å². The Balaban J connectivity index is 1.37. The molecule has 184 valence electrons. The number of anilines is 2. The van der Waals surface area contributed by atoms with E-state index < -0.39 is 6.04 Å². The molecule has 1 atom stereocenters. The molecule has 0 spiro atoms. The summed E-state index contributed by atoms with van der Waals surface area (Å²) in [6.45, 7) is 1.57. The summed E-state index contributed by atoms with van der Waals surface area (Å²) in [5, 5.41) is 10.9. The van der Waals surface area contributed by atoms with E-state index >= 15 is 0 Å². The zero-order valence-corrected chi connectivity index (χ0v) is 20.7. The predicted octanol–water partition coefficient (Wildman–Crippen LogP) is 4.67. The quantitative estimate of drug-likeness (QED) is 0.384. The molecule has 0 bridgehead atoms. The lowest BCUT2D eigenvalue weighted by Crippen LogP contribution is -2.46. The minimum atomic E-state index is -0.480. The van der Waals surface area contributed by atoms with E-state index in [0.717, 1.165) is 37.1 Å². The molecular weight excluding hydrogens is 487 g/mol. The normalized spacial score (nSPS) is 17.1. The second kappa shape index (κ2) is 10.8. The smallest absolute Gasteiger partial charge is 0.243 e. The van der Waals surface area contributed by atoms with Crippen LogP contribution in [-0.2, 0) is 16.1 Å². The fourth-order valence-electron chi connectivity index (χ4n) is 4.17. The van der Waals surface area contributed by atoms with E-state index in [-0.39, 0.29) is 11.8 Å². The Labute approximate surface area is 214 Å². The summed E-state index contributed by atoms with van der Waals surface area (Å²) < 4.78 is 7.47. The molecule has 0 radical (unpaired) electrons. The average molecular weight is 515 g/mol. The minimum Gasteiger partial charge on any atom is -0.381 e. The lowest BCUT2D eigenvalue weighted by molar-refractivity contribution is -0.123. The zero-order chi connectivity index (χ0) is 24.2. The van der Waals surface area contributed by atoms with E-state index in [1.54, 1.807) is 12.1 Å². The summed E-state index contributed by atoms with van der Waals surface area (Å²) in [5.41, 5.74) is 0.808. The van der Waals surface area contributed by atoms with Gasteiger partial charge in [-0.3, -0.25) is 4.79 Å². The number of halogens is 2. The molecule has 10 heteroatoms. The van der Waals surface area contributed by atoms with Gasteiger partial charge in [-0.1, -0.05) is 29.3 Å². The number of carbonyl (C=O) groups excluding carboxylic acids is 1. The van der Waals surface area contributed by atoms with Crippen LogP contribution in [0.3, 0.4) is 0 Å². The van der Waals surface area contributed by atoms with Crippen molar-refractivity contribution in [1.82, 2.24) is 19.9 Å². The Morgan fingerprint density at radius 2 is 1.86 bits per heavy atom. The fraction of sp³-hybridized carbons (Fsp3) is 0.400. The van der Waals surface area contributed by atoms with Crippen molar-refractivity contribution in [3.8, 4) is 5.82 Å². The number of hydrogen-bond donors (Lipinski definition) is 3. The Bertz CT molecular complexity index is 1160. The molecule has 1 unspecified atom stereocenters. The number of aromatic nitrogens is 3. The lowest BCUT2D eigenvalue weighted by Gasteiger charge is -2.30. The summed E-state index contributed by atoms with van der Waals surface area (Å²) in [7, 11) is 0. The van der Waals surface area contributed by atoms with E-state index in [9.17, 15) is 4.79 Å². The fourth-order valence-corrected chi connectivity index (χ4v) is 4.64. The van der Waals surface area contributed by atoms with E-state index in [4.69, 9.17) is 27.9 Å². The van der Waals surface area contributed by atoms with Gasteiger partial charge in [0, 0.05) is 54.3 Å². The number of benzene rings is 1. The van der Waals surface area contributed by atoms with Gasteiger partial charge in [0.25, 0.3) is 0 Å². The first-order chi connectivity index (χ1) is 17.0. The van der Waals surface area contributed by atoms with E-state index in [0.29, 0.717) is 47.6 Å². The van der Waals surface area contributed by atoms with Gasteiger partial charge in [0.15, 0.2) is 0 Å². The Morgan fingerprint density at radius 1 is 1.09 bits per heavy atom. The Kier molecular flexibility index (Phi) is 7.41. The summed E-state index contributed by atoms with van der Waals surface area (Å²) in [6, 6.07) is 11.0. The van der Waals surface area contributed by atoms with Crippen LogP contribution >= 0.6 is 23.2 Å². The van der Waals surface area contributed by atoms with E-state index in [1.807, 2.05) is 41.2 Å². The molecule has 1 amide bonds. The second-order valence-electron chi connectivity index (χ2n) is 8.97. The van der Waals surface area contributed by atoms with Gasteiger partial charge >= 0.3 is 0 Å². The van der Waals surface area contributed by atoms with Crippen molar-refractivity contribution in [2.24, 2.45) is 5.92 Å². The number of hydrogen-bond acceptors (Lipinski definition) is 6. The topological polar surface area (TPSA) is 93.1 Å². The molecule has 2 aliphatic rings. The van der Waals surface area contributed by atoms with Gasteiger partial charge < -0.3 is 25.3 Å². The summed E-state index contributed by atoms with van der Waals surface area (Å²) in [5.74, 6) is 1.88. The molecule has 2 aromatic heterocycles. The third-order valence-electron chi connectivity index (χ3n) is 6.28. The molecule has 3 heterocycles. The maximum atomic E-state index is 13.4. The highest BCUT2D eigenvalue weighted by Gasteiger charge is 2.31. The summed E-state index contributed by atoms with van der Waals surface area (Å²) in [6.07, 6.45) is 7.67. The maximum absolute atomic E-state index is 13.4. The summed E-state index contributed by atoms with van der Waals surface area (Å²) in [4.78, 5) is 22.8. The third-order valence-corrected chi connectivity index (χ3v) is 6.87. The molecule has 1 aromatic carbocycles. The van der Waals surface area contributed by atoms with Crippen molar-refractivity contribution in [1.29, 1.82) is 0 Å². The van der Waals surface area contributed by atoms with Crippen LogP contribution in [-0.4, -0.2) is 45.7 Å². The number of nitrogens with one attached hydrogen (secondary N) is 3. The van der Waals surface area contributed by atoms with Crippen molar-refractivity contribution in [3.63, 3.8) is 0 Å². The van der Waals surface area contributed by atoms with Gasteiger partial charge in [0.1, 0.15) is 17.7 Å². The van der Waals surface area contributed by atoms with Crippen LogP contribution < -0.4 is 16.0 Å². The molecule has 35 heavy (non-hydrogen) atoms. The molecule has 3 aromatic rings. The molecule has 3 N–H and O–H groups in total. The van der Waals surface area contributed by atoms with Crippen molar-refractivity contribution in [2.45, 2.75) is 44.3 Å². The monoisotopic (exact) mass is 514 g/mol. The predicted molar refractivity (Wildman–Crippen MR) is 137 cm³/mol. The molecule has 1 aliphatic carbocycles. The largest absolute Gasteiger partial charge is 0.381 e. The molecule has 5 rings (SSSR count). The van der Waals surface area contributed by atoms with Gasteiger partial charge in [0.2, 0.25) is 11.9 Å². The highest BCUT2D eigenvalue weighted by molar-refractivity contribution is 6.35. The number of carbonyl (C=O) groups is 1. The maximum Gasteiger partial charge on any atom is 0.243 e. The lowest BCUT2D eigenvalue weighted by atomic mass is 9.91. The zero-order valence-electron chi connectivity index (χ0n) is 19.2. The highest BCUT2D eigenvalue weighted by Crippen LogP contribution is 2.27.